The van der Waals surface area contributed by atoms with Crippen molar-refractivity contribution in [3.05, 3.63) is 29.8 Å². The maximum absolute atomic E-state index is 12.4. The smallest absolute Gasteiger partial charge is 0.299 e. The van der Waals surface area contributed by atoms with E-state index in [1.54, 1.807) is 31.2 Å². The van der Waals surface area contributed by atoms with Crippen LogP contribution in [0.4, 0.5) is 0 Å². The molecule has 0 unspecified atom stereocenters. The van der Waals surface area contributed by atoms with Crippen molar-refractivity contribution < 1.29 is 16.8 Å². The zero-order valence-electron chi connectivity index (χ0n) is 13.1. The van der Waals surface area contributed by atoms with E-state index in [1.165, 1.54) is 0 Å². The van der Waals surface area contributed by atoms with Crippen LogP contribution < -0.4 is 0 Å². The molecule has 1 rings (SSSR count). The average molecular weight is 332 g/mol. The van der Waals surface area contributed by atoms with Crippen LogP contribution in [-0.2, 0) is 18.5 Å². The second-order valence-electron chi connectivity index (χ2n) is 4.92. The number of ketones is 1. The molecule has 6 heteroatoms. The summed E-state index contributed by atoms with van der Waals surface area (Å²) in [4.78, 5) is 11.9. The maximum atomic E-state index is 12.4. The molecule has 0 aliphatic rings. The standard InChI is InChI=1S/C15H24O4S2/c1-5-14(16)12-20(6-2,7-3)19-21(17,18)15-10-8-13(4)9-11-15/h8-11H,5-7,12H2,1-4H3. The number of hydrogen-bond acceptors (Lipinski definition) is 4. The summed E-state index contributed by atoms with van der Waals surface area (Å²) >= 11 is 0. The summed E-state index contributed by atoms with van der Waals surface area (Å²) in [6.45, 7) is 7.44. The first-order chi connectivity index (χ1) is 9.78. The predicted molar refractivity (Wildman–Crippen MR) is 88.3 cm³/mol. The lowest BCUT2D eigenvalue weighted by molar-refractivity contribution is -0.116. The Balaban J connectivity index is 3.07. The molecule has 0 heterocycles. The van der Waals surface area contributed by atoms with Gasteiger partial charge in [-0.15, -0.1) is 10.3 Å². The van der Waals surface area contributed by atoms with Crippen LogP contribution in [0.5, 0.6) is 0 Å². The highest BCUT2D eigenvalue weighted by Crippen LogP contribution is 2.51. The molecule has 0 atom stereocenters. The molecule has 1 aromatic rings. The molecule has 21 heavy (non-hydrogen) atoms. The van der Waals surface area contributed by atoms with Crippen LogP contribution in [0, 0.1) is 6.92 Å². The van der Waals surface area contributed by atoms with E-state index in [9.17, 15) is 13.2 Å². The van der Waals surface area contributed by atoms with Crippen molar-refractivity contribution in [2.75, 3.05) is 17.3 Å². The fourth-order valence-electron chi connectivity index (χ4n) is 1.86. The van der Waals surface area contributed by atoms with Crippen LogP contribution in [0.1, 0.15) is 32.8 Å². The van der Waals surface area contributed by atoms with Gasteiger partial charge in [0, 0.05) is 6.42 Å². The number of rotatable bonds is 8. The molecule has 4 nitrogen and oxygen atoms in total. The van der Waals surface area contributed by atoms with Crippen LogP contribution in [-0.4, -0.2) is 31.5 Å². The zero-order chi connectivity index (χ0) is 16.1. The molecule has 0 spiro atoms. The third-order valence-corrected chi connectivity index (χ3v) is 9.09. The largest absolute Gasteiger partial charge is 0.306 e. The van der Waals surface area contributed by atoms with E-state index < -0.39 is 20.4 Å². The van der Waals surface area contributed by atoms with Crippen molar-refractivity contribution in [2.45, 2.75) is 39.0 Å². The summed E-state index contributed by atoms with van der Waals surface area (Å²) in [5, 5.41) is 0. The second kappa shape index (κ2) is 7.42. The number of aryl methyl sites for hydroxylation is 1. The van der Waals surface area contributed by atoms with Gasteiger partial charge in [-0.1, -0.05) is 38.5 Å². The Bertz CT molecular complexity index is 572. The highest BCUT2D eigenvalue weighted by atomic mass is 32.3. The molecule has 0 amide bonds. The molecule has 0 radical (unpaired) electrons. The molecule has 0 aliphatic heterocycles. The molecule has 0 fully saturated rings. The van der Waals surface area contributed by atoms with Gasteiger partial charge in [-0.2, -0.15) is 8.42 Å². The minimum Gasteiger partial charge on any atom is -0.299 e. The van der Waals surface area contributed by atoms with E-state index >= 15 is 0 Å². The highest BCUT2D eigenvalue weighted by Gasteiger charge is 2.31. The Labute approximate surface area is 129 Å². The van der Waals surface area contributed by atoms with Crippen LogP contribution in [0.3, 0.4) is 0 Å². The van der Waals surface area contributed by atoms with Crippen LogP contribution in [0.25, 0.3) is 0 Å². The third kappa shape index (κ3) is 4.83. The van der Waals surface area contributed by atoms with Gasteiger partial charge < -0.3 is 0 Å². The fraction of sp³-hybridized carbons (Fsp3) is 0.533. The van der Waals surface area contributed by atoms with E-state index in [-0.39, 0.29) is 16.4 Å². The van der Waals surface area contributed by atoms with Gasteiger partial charge in [0.1, 0.15) is 5.78 Å². The lowest BCUT2D eigenvalue weighted by Crippen LogP contribution is -2.23. The SMILES string of the molecule is CCC(=O)CS(CC)(CC)OS(=O)(=O)c1ccc(C)cc1. The first-order valence-electron chi connectivity index (χ1n) is 7.09. The van der Waals surface area contributed by atoms with Gasteiger partial charge in [0.05, 0.1) is 10.6 Å². The number of benzene rings is 1. The summed E-state index contributed by atoms with van der Waals surface area (Å²) in [7, 11) is -5.77. The maximum Gasteiger partial charge on any atom is 0.306 e. The normalized spacial score (nSPS) is 13.1. The third-order valence-electron chi connectivity index (χ3n) is 3.41. The Morgan fingerprint density at radius 1 is 1.05 bits per heavy atom. The van der Waals surface area contributed by atoms with Crippen molar-refractivity contribution >= 4 is 26.2 Å². The van der Waals surface area contributed by atoms with E-state index in [2.05, 4.69) is 0 Å². The van der Waals surface area contributed by atoms with Crippen LogP contribution in [0.15, 0.2) is 29.2 Å². The summed E-state index contributed by atoms with van der Waals surface area (Å²) in [5.74, 6) is 1.37. The zero-order valence-corrected chi connectivity index (χ0v) is 14.7. The van der Waals surface area contributed by atoms with E-state index in [1.807, 2.05) is 20.8 Å². The number of hydrogen-bond donors (Lipinski definition) is 0. The Morgan fingerprint density at radius 3 is 2.00 bits per heavy atom. The summed E-state index contributed by atoms with van der Waals surface area (Å²) in [6.07, 6.45) is 0.405. The van der Waals surface area contributed by atoms with Crippen molar-refractivity contribution in [2.24, 2.45) is 0 Å². The average Bonchev–Trinajstić information content (AvgIpc) is 2.46. The predicted octanol–water partition coefficient (Wildman–Crippen LogP) is 3.44. The van der Waals surface area contributed by atoms with Gasteiger partial charge >= 0.3 is 10.1 Å². The van der Waals surface area contributed by atoms with Gasteiger partial charge in [-0.25, -0.2) is 3.63 Å². The summed E-state index contributed by atoms with van der Waals surface area (Å²) in [5.41, 5.74) is 0.986. The molecular weight excluding hydrogens is 308 g/mol. The number of carbonyl (C=O) groups is 1. The van der Waals surface area contributed by atoms with Crippen molar-refractivity contribution in [3.8, 4) is 0 Å². The molecular formula is C15H24O4S2. The van der Waals surface area contributed by atoms with E-state index in [0.29, 0.717) is 17.9 Å². The van der Waals surface area contributed by atoms with Crippen molar-refractivity contribution in [1.82, 2.24) is 0 Å². The first kappa shape index (κ1) is 18.2. The van der Waals surface area contributed by atoms with Gasteiger partial charge in [-0.05, 0) is 30.6 Å². The van der Waals surface area contributed by atoms with Crippen molar-refractivity contribution in [3.63, 3.8) is 0 Å². The summed E-state index contributed by atoms with van der Waals surface area (Å²) < 4.78 is 30.4. The molecule has 0 aliphatic carbocycles. The van der Waals surface area contributed by atoms with Gasteiger partial charge in [-0.3, -0.25) is 4.79 Å². The Hall–Kier alpha value is -0.850. The lowest BCUT2D eigenvalue weighted by Gasteiger charge is -2.35. The monoisotopic (exact) mass is 332 g/mol. The van der Waals surface area contributed by atoms with Crippen LogP contribution in [0.2, 0.25) is 0 Å². The number of Topliss-reactive ketones (excluding diaryl/α,β-unsaturated/α-hetero) is 1. The van der Waals surface area contributed by atoms with Crippen LogP contribution >= 0.6 is 10.3 Å². The Kier molecular flexibility index (Phi) is 6.43. The second-order valence-corrected chi connectivity index (χ2v) is 10.2. The number of carbonyl (C=O) groups excluding carboxylic acids is 1. The van der Waals surface area contributed by atoms with E-state index in [0.717, 1.165) is 5.56 Å². The molecule has 1 aromatic carbocycles. The lowest BCUT2D eigenvalue weighted by atomic mass is 10.2. The van der Waals surface area contributed by atoms with Gasteiger partial charge in [0.25, 0.3) is 0 Å². The van der Waals surface area contributed by atoms with Crippen molar-refractivity contribution in [1.29, 1.82) is 0 Å². The Morgan fingerprint density at radius 2 is 1.57 bits per heavy atom. The summed E-state index contributed by atoms with van der Waals surface area (Å²) in [6, 6.07) is 6.56. The fourth-order valence-corrected chi connectivity index (χ4v) is 6.73. The van der Waals surface area contributed by atoms with Gasteiger partial charge in [0.2, 0.25) is 0 Å². The van der Waals surface area contributed by atoms with Gasteiger partial charge in [0.15, 0.2) is 0 Å². The molecule has 0 N–H and O–H groups in total. The highest BCUT2D eigenvalue weighted by molar-refractivity contribution is 8.33. The topological polar surface area (TPSA) is 60.4 Å². The quantitative estimate of drug-likeness (QED) is 0.731. The first-order valence-corrected chi connectivity index (χ1v) is 10.6. The minimum atomic E-state index is -3.83. The van der Waals surface area contributed by atoms with E-state index in [4.69, 9.17) is 3.63 Å². The molecule has 120 valence electrons. The minimum absolute atomic E-state index is 0.0489. The molecule has 0 saturated heterocycles. The molecule has 0 aromatic heterocycles. The molecule has 0 saturated carbocycles. The molecule has 0 bridgehead atoms.